The minimum Gasteiger partial charge on any atom is -0.301 e. The Morgan fingerprint density at radius 3 is 2.92 bits per heavy atom. The van der Waals surface area contributed by atoms with E-state index < -0.39 is 11.6 Å². The van der Waals surface area contributed by atoms with E-state index in [0.29, 0.717) is 29.1 Å². The average Bonchev–Trinajstić information content (AvgIpc) is 3.25. The molecule has 0 radical (unpaired) electrons. The van der Waals surface area contributed by atoms with E-state index in [1.54, 1.807) is 12.3 Å². The number of anilines is 1. The van der Waals surface area contributed by atoms with Crippen molar-refractivity contribution in [2.45, 2.75) is 44.2 Å². The first kappa shape index (κ1) is 17.5. The molecule has 1 aromatic heterocycles. The fraction of sp³-hybridized carbons (Fsp3) is 0.444. The van der Waals surface area contributed by atoms with Gasteiger partial charge in [0.05, 0.1) is 0 Å². The van der Waals surface area contributed by atoms with Crippen molar-refractivity contribution in [1.82, 2.24) is 15.8 Å². The van der Waals surface area contributed by atoms with Crippen molar-refractivity contribution in [3.8, 4) is 0 Å². The van der Waals surface area contributed by atoms with Crippen molar-refractivity contribution in [3.63, 3.8) is 0 Å². The summed E-state index contributed by atoms with van der Waals surface area (Å²) < 4.78 is 26.3. The molecule has 8 heteroatoms. The van der Waals surface area contributed by atoms with Gasteiger partial charge in [0, 0.05) is 29.5 Å². The molecule has 26 heavy (non-hydrogen) atoms. The zero-order valence-corrected chi connectivity index (χ0v) is 14.9. The van der Waals surface area contributed by atoms with Crippen molar-refractivity contribution >= 4 is 22.4 Å². The fourth-order valence-electron chi connectivity index (χ4n) is 3.78. The van der Waals surface area contributed by atoms with Crippen molar-refractivity contribution in [2.75, 3.05) is 5.32 Å². The molecule has 1 aromatic carbocycles. The van der Waals surface area contributed by atoms with Crippen LogP contribution in [0.1, 0.15) is 36.1 Å². The summed E-state index contributed by atoms with van der Waals surface area (Å²) in [7, 11) is 0. The van der Waals surface area contributed by atoms with Gasteiger partial charge in [0.2, 0.25) is 5.91 Å². The summed E-state index contributed by atoms with van der Waals surface area (Å²) in [6, 6.07) is 3.96. The van der Waals surface area contributed by atoms with Crippen molar-refractivity contribution < 1.29 is 13.6 Å². The molecule has 3 atom stereocenters. The topological polar surface area (TPSA) is 66.0 Å². The Bertz CT molecular complexity index is 812. The van der Waals surface area contributed by atoms with Crippen LogP contribution >= 0.6 is 11.3 Å². The van der Waals surface area contributed by atoms with Crippen LogP contribution < -0.4 is 16.2 Å². The normalized spacial score (nSPS) is 25.1. The first-order valence-corrected chi connectivity index (χ1v) is 9.62. The molecule has 2 fully saturated rings. The lowest BCUT2D eigenvalue weighted by molar-refractivity contribution is -0.118. The molecule has 2 heterocycles. The van der Waals surface area contributed by atoms with Crippen LogP contribution in [0.5, 0.6) is 0 Å². The number of rotatable bonds is 4. The van der Waals surface area contributed by atoms with Crippen molar-refractivity contribution in [2.24, 2.45) is 5.92 Å². The number of fused-ring (bicyclic) bond motifs is 1. The maximum absolute atomic E-state index is 13.3. The maximum Gasteiger partial charge on any atom is 0.244 e. The lowest BCUT2D eigenvalue weighted by Gasteiger charge is -2.26. The molecule has 138 valence electrons. The summed E-state index contributed by atoms with van der Waals surface area (Å²) in [5, 5.41) is 3.40. The van der Waals surface area contributed by atoms with Gasteiger partial charge in [0.1, 0.15) is 6.04 Å². The van der Waals surface area contributed by atoms with Crippen LogP contribution in [0.4, 0.5) is 13.9 Å². The first-order valence-electron chi connectivity index (χ1n) is 8.81. The number of benzene rings is 1. The number of amides is 1. The zero-order valence-electron chi connectivity index (χ0n) is 14.1. The highest BCUT2D eigenvalue weighted by molar-refractivity contribution is 7.15. The summed E-state index contributed by atoms with van der Waals surface area (Å²) in [6.45, 7) is 0. The van der Waals surface area contributed by atoms with E-state index in [1.165, 1.54) is 23.8 Å². The second kappa shape index (κ2) is 7.38. The third-order valence-corrected chi connectivity index (χ3v) is 6.01. The standard InChI is InChI=1S/C18H20F2N4OS/c19-13-6-5-10(8-14(13)20)7-11-9-21-18(26-11)22-17(25)16-12-3-1-2-4-15(12)23-24-16/h5-6,8-9,12,15-16,23-24H,1-4,7H2,(H,21,22,25). The van der Waals surface area contributed by atoms with Gasteiger partial charge < -0.3 is 5.32 Å². The van der Waals surface area contributed by atoms with E-state index in [2.05, 4.69) is 21.2 Å². The Kier molecular flexibility index (Phi) is 4.97. The van der Waals surface area contributed by atoms with E-state index in [9.17, 15) is 13.6 Å². The molecular formula is C18H20F2N4OS. The van der Waals surface area contributed by atoms with Gasteiger partial charge in [0.25, 0.3) is 0 Å². The lowest BCUT2D eigenvalue weighted by atomic mass is 9.81. The highest BCUT2D eigenvalue weighted by Gasteiger charge is 2.41. The molecule has 4 rings (SSSR count). The molecule has 1 saturated carbocycles. The van der Waals surface area contributed by atoms with Gasteiger partial charge in [0.15, 0.2) is 16.8 Å². The van der Waals surface area contributed by atoms with E-state index >= 15 is 0 Å². The van der Waals surface area contributed by atoms with Gasteiger partial charge in [-0.25, -0.2) is 19.2 Å². The molecule has 0 spiro atoms. The molecule has 2 aliphatic rings. The van der Waals surface area contributed by atoms with Crippen molar-refractivity contribution in [3.05, 3.63) is 46.5 Å². The number of hydrogen-bond donors (Lipinski definition) is 3. The summed E-state index contributed by atoms with van der Waals surface area (Å²) in [4.78, 5) is 17.7. The third kappa shape index (κ3) is 3.62. The number of aromatic nitrogens is 1. The number of carbonyl (C=O) groups excluding carboxylic acids is 1. The lowest BCUT2D eigenvalue weighted by Crippen LogP contribution is -2.42. The second-order valence-electron chi connectivity index (χ2n) is 6.87. The Morgan fingerprint density at radius 1 is 1.23 bits per heavy atom. The molecule has 3 N–H and O–H groups in total. The number of nitrogens with zero attached hydrogens (tertiary/aromatic N) is 1. The minimum atomic E-state index is -0.859. The Morgan fingerprint density at radius 2 is 2.08 bits per heavy atom. The monoisotopic (exact) mass is 378 g/mol. The van der Waals surface area contributed by atoms with Crippen molar-refractivity contribution in [1.29, 1.82) is 0 Å². The van der Waals surface area contributed by atoms with Gasteiger partial charge in [-0.2, -0.15) is 0 Å². The SMILES string of the molecule is O=C(Nc1ncc(Cc2ccc(F)c(F)c2)s1)C1NNC2CCCCC21. The van der Waals surface area contributed by atoms with Crippen LogP contribution in [0.3, 0.4) is 0 Å². The van der Waals surface area contributed by atoms with Gasteiger partial charge in [-0.15, -0.1) is 11.3 Å². The minimum absolute atomic E-state index is 0.0828. The van der Waals surface area contributed by atoms with Crippen LogP contribution in [0, 0.1) is 17.6 Å². The molecular weight excluding hydrogens is 358 g/mol. The van der Waals surface area contributed by atoms with E-state index in [-0.39, 0.29) is 11.9 Å². The van der Waals surface area contributed by atoms with Gasteiger partial charge in [-0.05, 0) is 30.5 Å². The number of hydrogen-bond acceptors (Lipinski definition) is 5. The fourth-order valence-corrected chi connectivity index (χ4v) is 4.63. The highest BCUT2D eigenvalue weighted by Crippen LogP contribution is 2.31. The quantitative estimate of drug-likeness (QED) is 0.765. The highest BCUT2D eigenvalue weighted by atomic mass is 32.1. The number of thiazole rings is 1. The van der Waals surface area contributed by atoms with Crippen LogP contribution in [0.15, 0.2) is 24.4 Å². The van der Waals surface area contributed by atoms with E-state index in [4.69, 9.17) is 0 Å². The predicted molar refractivity (Wildman–Crippen MR) is 95.7 cm³/mol. The van der Waals surface area contributed by atoms with Gasteiger partial charge in [-0.3, -0.25) is 10.2 Å². The first-order chi connectivity index (χ1) is 12.6. The zero-order chi connectivity index (χ0) is 18.1. The molecule has 1 saturated heterocycles. The van der Waals surface area contributed by atoms with Crippen LogP contribution in [-0.2, 0) is 11.2 Å². The second-order valence-corrected chi connectivity index (χ2v) is 7.98. The third-order valence-electron chi connectivity index (χ3n) is 5.10. The maximum atomic E-state index is 13.3. The molecule has 0 bridgehead atoms. The predicted octanol–water partition coefficient (Wildman–Crippen LogP) is 2.99. The number of halogens is 2. The molecule has 5 nitrogen and oxygen atoms in total. The molecule has 1 amide bonds. The number of carbonyl (C=O) groups is 1. The Balaban J connectivity index is 1.38. The van der Waals surface area contributed by atoms with E-state index in [1.807, 2.05) is 0 Å². The average molecular weight is 378 g/mol. The van der Waals surface area contributed by atoms with E-state index in [0.717, 1.165) is 30.2 Å². The molecule has 3 unspecified atom stereocenters. The Hall–Kier alpha value is -1.90. The molecule has 2 aromatic rings. The smallest absolute Gasteiger partial charge is 0.244 e. The van der Waals surface area contributed by atoms with Crippen LogP contribution in [0.25, 0.3) is 0 Å². The molecule has 1 aliphatic heterocycles. The Labute approximate surface area is 154 Å². The molecule has 1 aliphatic carbocycles. The van der Waals surface area contributed by atoms with Crippen LogP contribution in [0.2, 0.25) is 0 Å². The summed E-state index contributed by atoms with van der Waals surface area (Å²) >= 11 is 1.35. The summed E-state index contributed by atoms with van der Waals surface area (Å²) in [6.07, 6.45) is 6.59. The summed E-state index contributed by atoms with van der Waals surface area (Å²) in [5.74, 6) is -1.49. The number of nitrogens with one attached hydrogen (secondary N) is 3. The van der Waals surface area contributed by atoms with Crippen LogP contribution in [-0.4, -0.2) is 23.0 Å². The largest absolute Gasteiger partial charge is 0.301 e. The number of hydrazine groups is 1. The van der Waals surface area contributed by atoms with Gasteiger partial charge >= 0.3 is 0 Å². The van der Waals surface area contributed by atoms with Gasteiger partial charge in [-0.1, -0.05) is 18.9 Å². The summed E-state index contributed by atoms with van der Waals surface area (Å²) in [5.41, 5.74) is 7.01.